The first-order valence-corrected chi connectivity index (χ1v) is 5.89. The van der Waals surface area contributed by atoms with Crippen LogP contribution in [0.2, 0.25) is 0 Å². The van der Waals surface area contributed by atoms with Gasteiger partial charge >= 0.3 is 5.97 Å². The molecule has 0 aliphatic carbocycles. The summed E-state index contributed by atoms with van der Waals surface area (Å²) >= 11 is 0. The molecule has 0 aromatic rings. The fourth-order valence-corrected chi connectivity index (χ4v) is 3.17. The minimum atomic E-state index is -0.681. The van der Waals surface area contributed by atoms with E-state index in [0.29, 0.717) is 6.04 Å². The number of hydrogen-bond donors (Lipinski definition) is 2. The Morgan fingerprint density at radius 2 is 2.33 bits per heavy atom. The van der Waals surface area contributed by atoms with Crippen molar-refractivity contribution in [2.75, 3.05) is 26.2 Å². The SMILES string of the molecule is CCC1C2CNCC2CN1CCC(=O)O. The van der Waals surface area contributed by atoms with Crippen molar-refractivity contribution >= 4 is 5.97 Å². The third-order valence-corrected chi connectivity index (χ3v) is 3.86. The first-order chi connectivity index (χ1) is 7.22. The maximum atomic E-state index is 10.6. The smallest absolute Gasteiger partial charge is 0.304 e. The Balaban J connectivity index is 1.92. The Kier molecular flexibility index (Phi) is 3.26. The van der Waals surface area contributed by atoms with Gasteiger partial charge in [0.25, 0.3) is 0 Å². The zero-order valence-corrected chi connectivity index (χ0v) is 9.28. The van der Waals surface area contributed by atoms with Gasteiger partial charge < -0.3 is 10.4 Å². The summed E-state index contributed by atoms with van der Waals surface area (Å²) in [5.41, 5.74) is 0. The molecule has 2 aliphatic rings. The highest BCUT2D eigenvalue weighted by molar-refractivity contribution is 5.66. The molecule has 2 rings (SSSR count). The van der Waals surface area contributed by atoms with E-state index < -0.39 is 5.97 Å². The fraction of sp³-hybridized carbons (Fsp3) is 0.909. The average molecular weight is 212 g/mol. The molecule has 0 aromatic heterocycles. The van der Waals surface area contributed by atoms with E-state index >= 15 is 0 Å². The van der Waals surface area contributed by atoms with E-state index in [4.69, 9.17) is 5.11 Å². The molecule has 15 heavy (non-hydrogen) atoms. The van der Waals surface area contributed by atoms with E-state index in [1.165, 1.54) is 0 Å². The summed E-state index contributed by atoms with van der Waals surface area (Å²) in [7, 11) is 0. The van der Waals surface area contributed by atoms with Crippen LogP contribution in [0.4, 0.5) is 0 Å². The lowest BCUT2D eigenvalue weighted by molar-refractivity contribution is -0.137. The van der Waals surface area contributed by atoms with Crippen molar-refractivity contribution < 1.29 is 9.90 Å². The van der Waals surface area contributed by atoms with Crippen LogP contribution in [0.3, 0.4) is 0 Å². The first-order valence-electron chi connectivity index (χ1n) is 5.89. The summed E-state index contributed by atoms with van der Waals surface area (Å²) in [5.74, 6) is 0.826. The van der Waals surface area contributed by atoms with E-state index in [0.717, 1.165) is 44.4 Å². The van der Waals surface area contributed by atoms with Gasteiger partial charge in [0, 0.05) is 19.1 Å². The number of rotatable bonds is 4. The van der Waals surface area contributed by atoms with Crippen molar-refractivity contribution in [2.24, 2.45) is 11.8 Å². The van der Waals surface area contributed by atoms with E-state index in [9.17, 15) is 4.79 Å². The number of nitrogens with one attached hydrogen (secondary N) is 1. The largest absolute Gasteiger partial charge is 0.481 e. The lowest BCUT2D eigenvalue weighted by Crippen LogP contribution is -2.36. The number of nitrogens with zero attached hydrogens (tertiary/aromatic N) is 1. The summed E-state index contributed by atoms with van der Waals surface area (Å²) in [6, 6.07) is 0.601. The highest BCUT2D eigenvalue weighted by Gasteiger charge is 2.42. The van der Waals surface area contributed by atoms with Crippen molar-refractivity contribution in [2.45, 2.75) is 25.8 Å². The number of carbonyl (C=O) groups is 1. The Morgan fingerprint density at radius 1 is 1.53 bits per heavy atom. The Hall–Kier alpha value is -0.610. The molecule has 0 aromatic carbocycles. The molecule has 0 bridgehead atoms. The second-order valence-corrected chi connectivity index (χ2v) is 4.70. The molecular weight excluding hydrogens is 192 g/mol. The minimum absolute atomic E-state index is 0.281. The van der Waals surface area contributed by atoms with E-state index in [2.05, 4.69) is 17.1 Å². The van der Waals surface area contributed by atoms with Crippen molar-refractivity contribution in [1.82, 2.24) is 10.2 Å². The number of likely N-dealkylation sites (tertiary alicyclic amines) is 1. The molecule has 2 heterocycles. The molecule has 3 unspecified atom stereocenters. The molecule has 0 radical (unpaired) electrons. The Bertz CT molecular complexity index is 245. The fourth-order valence-electron chi connectivity index (χ4n) is 3.17. The number of aliphatic carboxylic acids is 1. The molecule has 2 saturated heterocycles. The summed E-state index contributed by atoms with van der Waals surface area (Å²) in [4.78, 5) is 12.9. The van der Waals surface area contributed by atoms with Gasteiger partial charge in [0.05, 0.1) is 6.42 Å². The van der Waals surface area contributed by atoms with Gasteiger partial charge in [-0.05, 0) is 31.3 Å². The summed E-state index contributed by atoms with van der Waals surface area (Å²) < 4.78 is 0. The minimum Gasteiger partial charge on any atom is -0.481 e. The van der Waals surface area contributed by atoms with Crippen molar-refractivity contribution in [3.63, 3.8) is 0 Å². The van der Waals surface area contributed by atoms with Gasteiger partial charge in [0.15, 0.2) is 0 Å². The predicted octanol–water partition coefficient (Wildman–Crippen LogP) is 0.391. The van der Waals surface area contributed by atoms with Crippen LogP contribution in [-0.2, 0) is 4.79 Å². The third-order valence-electron chi connectivity index (χ3n) is 3.86. The standard InChI is InChI=1S/C11H20N2O2/c1-2-10-9-6-12-5-8(9)7-13(10)4-3-11(14)15/h8-10,12H,2-7H2,1H3,(H,14,15). The van der Waals surface area contributed by atoms with Crippen LogP contribution in [0.25, 0.3) is 0 Å². The summed E-state index contributed by atoms with van der Waals surface area (Å²) in [6.07, 6.45) is 1.42. The average Bonchev–Trinajstić information content (AvgIpc) is 2.72. The summed E-state index contributed by atoms with van der Waals surface area (Å²) in [6.45, 7) is 6.25. The topological polar surface area (TPSA) is 52.6 Å². The molecule has 4 heteroatoms. The molecule has 3 atom stereocenters. The lowest BCUT2D eigenvalue weighted by atomic mass is 9.93. The number of carboxylic acid groups (broad SMARTS) is 1. The first kappa shape index (κ1) is 10.9. The van der Waals surface area contributed by atoms with E-state index in [-0.39, 0.29) is 6.42 Å². The third kappa shape index (κ3) is 2.16. The zero-order chi connectivity index (χ0) is 10.8. The van der Waals surface area contributed by atoms with Gasteiger partial charge in [0.1, 0.15) is 0 Å². The zero-order valence-electron chi connectivity index (χ0n) is 9.28. The molecule has 0 amide bonds. The van der Waals surface area contributed by atoms with Crippen molar-refractivity contribution in [3.8, 4) is 0 Å². The van der Waals surface area contributed by atoms with Crippen LogP contribution < -0.4 is 5.32 Å². The summed E-state index contributed by atoms with van der Waals surface area (Å²) in [5, 5.41) is 12.1. The highest BCUT2D eigenvalue weighted by atomic mass is 16.4. The van der Waals surface area contributed by atoms with Crippen LogP contribution in [0.15, 0.2) is 0 Å². The number of carboxylic acids is 1. The van der Waals surface area contributed by atoms with Crippen LogP contribution in [0.1, 0.15) is 19.8 Å². The maximum Gasteiger partial charge on any atom is 0.304 e. The Morgan fingerprint density at radius 3 is 3.00 bits per heavy atom. The normalized spacial score (nSPS) is 35.7. The number of fused-ring (bicyclic) bond motifs is 1. The van der Waals surface area contributed by atoms with E-state index in [1.807, 2.05) is 0 Å². The quantitative estimate of drug-likeness (QED) is 0.708. The Labute approximate surface area is 90.6 Å². The monoisotopic (exact) mass is 212 g/mol. The molecule has 86 valence electrons. The molecule has 0 saturated carbocycles. The van der Waals surface area contributed by atoms with Gasteiger partial charge in [-0.2, -0.15) is 0 Å². The molecule has 0 spiro atoms. The van der Waals surface area contributed by atoms with Gasteiger partial charge in [-0.15, -0.1) is 0 Å². The van der Waals surface area contributed by atoms with Crippen LogP contribution >= 0.6 is 0 Å². The maximum absolute atomic E-state index is 10.6. The van der Waals surface area contributed by atoms with Crippen LogP contribution in [0.5, 0.6) is 0 Å². The van der Waals surface area contributed by atoms with Gasteiger partial charge in [-0.25, -0.2) is 0 Å². The molecule has 2 N–H and O–H groups in total. The van der Waals surface area contributed by atoms with Gasteiger partial charge in [-0.3, -0.25) is 9.69 Å². The molecular formula is C11H20N2O2. The molecule has 4 nitrogen and oxygen atoms in total. The highest BCUT2D eigenvalue weighted by Crippen LogP contribution is 2.33. The number of hydrogen-bond acceptors (Lipinski definition) is 3. The predicted molar refractivity (Wildman–Crippen MR) is 57.8 cm³/mol. The van der Waals surface area contributed by atoms with Gasteiger partial charge in [0.2, 0.25) is 0 Å². The lowest BCUT2D eigenvalue weighted by Gasteiger charge is -2.26. The van der Waals surface area contributed by atoms with E-state index in [1.54, 1.807) is 0 Å². The second-order valence-electron chi connectivity index (χ2n) is 4.70. The van der Waals surface area contributed by atoms with Gasteiger partial charge in [-0.1, -0.05) is 6.92 Å². The molecule has 2 fully saturated rings. The van der Waals surface area contributed by atoms with Crippen molar-refractivity contribution in [3.05, 3.63) is 0 Å². The second kappa shape index (κ2) is 4.49. The van der Waals surface area contributed by atoms with Crippen LogP contribution in [0, 0.1) is 11.8 Å². The van der Waals surface area contributed by atoms with Crippen LogP contribution in [-0.4, -0.2) is 48.2 Å². The molecule has 2 aliphatic heterocycles. The van der Waals surface area contributed by atoms with Crippen molar-refractivity contribution in [1.29, 1.82) is 0 Å².